The van der Waals surface area contributed by atoms with Gasteiger partial charge in [-0.25, -0.2) is 0 Å². The smallest absolute Gasteiger partial charge is 0.168 e. The molecule has 1 aromatic carbocycles. The average molecular weight is 315 g/mol. The maximum Gasteiger partial charge on any atom is 0.168 e. The summed E-state index contributed by atoms with van der Waals surface area (Å²) < 4.78 is 1.10. The topological polar surface area (TPSA) is 38.0 Å². The van der Waals surface area contributed by atoms with Gasteiger partial charge in [-0.15, -0.1) is 0 Å². The van der Waals surface area contributed by atoms with E-state index in [1.54, 1.807) is 0 Å². The number of nitrogens with two attached hydrogens (primary N) is 1. The van der Waals surface area contributed by atoms with Crippen LogP contribution < -0.4 is 11.1 Å². The van der Waals surface area contributed by atoms with Crippen molar-refractivity contribution in [3.05, 3.63) is 27.7 Å². The molecular formula is C13H19BrN2S. The molecule has 0 aromatic heterocycles. The molecule has 0 amide bonds. The van der Waals surface area contributed by atoms with E-state index in [9.17, 15) is 0 Å². The van der Waals surface area contributed by atoms with E-state index in [0.29, 0.717) is 16.9 Å². The largest absolute Gasteiger partial charge is 0.376 e. The van der Waals surface area contributed by atoms with E-state index in [2.05, 4.69) is 61.1 Å². The Hall–Kier alpha value is -0.610. The molecule has 0 aliphatic rings. The molecule has 0 fully saturated rings. The fraction of sp³-hybridized carbons (Fsp3) is 0.462. The van der Waals surface area contributed by atoms with Crippen molar-refractivity contribution in [3.63, 3.8) is 0 Å². The third-order valence-corrected chi connectivity index (χ3v) is 3.22. The van der Waals surface area contributed by atoms with Crippen molar-refractivity contribution in [2.24, 2.45) is 5.73 Å². The number of nitrogens with one attached hydrogen (secondary N) is 1. The number of hydrogen-bond acceptors (Lipinski definition) is 1. The van der Waals surface area contributed by atoms with E-state index in [1.807, 2.05) is 0 Å². The van der Waals surface area contributed by atoms with E-state index in [0.717, 1.165) is 10.2 Å². The standard InChI is InChI=1S/C13H19BrN2S/c1-7(2)10-5-9(14)6-11(8(3)4)12(10)16-13(15)17/h5-8H,1-4H3,(H3,15,16,17). The summed E-state index contributed by atoms with van der Waals surface area (Å²) >= 11 is 8.52. The van der Waals surface area contributed by atoms with E-state index >= 15 is 0 Å². The minimum Gasteiger partial charge on any atom is -0.376 e. The Balaban J connectivity index is 3.41. The van der Waals surface area contributed by atoms with Gasteiger partial charge in [0.15, 0.2) is 5.11 Å². The van der Waals surface area contributed by atoms with E-state index in [4.69, 9.17) is 18.0 Å². The highest BCUT2D eigenvalue weighted by molar-refractivity contribution is 9.10. The summed E-state index contributed by atoms with van der Waals surface area (Å²) in [6.45, 7) is 8.65. The van der Waals surface area contributed by atoms with Gasteiger partial charge in [-0.2, -0.15) is 0 Å². The lowest BCUT2D eigenvalue weighted by Crippen LogP contribution is -2.21. The zero-order valence-corrected chi connectivity index (χ0v) is 13.1. The molecule has 0 bridgehead atoms. The SMILES string of the molecule is CC(C)c1cc(Br)cc(C(C)C)c1NC(N)=S. The Morgan fingerprint density at radius 3 is 1.88 bits per heavy atom. The van der Waals surface area contributed by atoms with Crippen molar-refractivity contribution < 1.29 is 0 Å². The van der Waals surface area contributed by atoms with Gasteiger partial charge in [0.1, 0.15) is 0 Å². The fourth-order valence-electron chi connectivity index (χ4n) is 1.83. The minimum atomic E-state index is 0.316. The first-order valence-corrected chi connectivity index (χ1v) is 6.92. The van der Waals surface area contributed by atoms with Gasteiger partial charge >= 0.3 is 0 Å². The minimum absolute atomic E-state index is 0.316. The van der Waals surface area contributed by atoms with Crippen molar-refractivity contribution in [2.75, 3.05) is 5.32 Å². The lowest BCUT2D eigenvalue weighted by molar-refractivity contribution is 0.837. The van der Waals surface area contributed by atoms with E-state index in [-0.39, 0.29) is 0 Å². The molecule has 0 radical (unpaired) electrons. The molecule has 0 aliphatic heterocycles. The third kappa shape index (κ3) is 3.68. The Kier molecular flexibility index (Phi) is 4.95. The Morgan fingerprint density at radius 1 is 1.18 bits per heavy atom. The van der Waals surface area contributed by atoms with Gasteiger partial charge in [0, 0.05) is 10.2 Å². The predicted molar refractivity (Wildman–Crippen MR) is 82.7 cm³/mol. The number of halogens is 1. The first-order chi connectivity index (χ1) is 7.82. The van der Waals surface area contributed by atoms with E-state index in [1.165, 1.54) is 11.1 Å². The van der Waals surface area contributed by atoms with Gasteiger partial charge in [0.05, 0.1) is 0 Å². The summed E-state index contributed by atoms with van der Waals surface area (Å²) in [6.07, 6.45) is 0. The lowest BCUT2D eigenvalue weighted by atomic mass is 9.93. The van der Waals surface area contributed by atoms with E-state index < -0.39 is 0 Å². The lowest BCUT2D eigenvalue weighted by Gasteiger charge is -2.21. The second kappa shape index (κ2) is 5.83. The highest BCUT2D eigenvalue weighted by atomic mass is 79.9. The Bertz CT molecular complexity index is 398. The summed E-state index contributed by atoms with van der Waals surface area (Å²) in [7, 11) is 0. The van der Waals surface area contributed by atoms with Crippen LogP contribution in [-0.2, 0) is 0 Å². The van der Waals surface area contributed by atoms with Gasteiger partial charge < -0.3 is 11.1 Å². The van der Waals surface area contributed by atoms with Crippen LogP contribution in [0.3, 0.4) is 0 Å². The monoisotopic (exact) mass is 314 g/mol. The Labute approximate surface area is 117 Å². The molecule has 2 nitrogen and oxygen atoms in total. The molecule has 1 rings (SSSR count). The number of anilines is 1. The summed E-state index contributed by atoms with van der Waals surface area (Å²) in [6, 6.07) is 4.24. The summed E-state index contributed by atoms with van der Waals surface area (Å²) in [5.41, 5.74) is 9.13. The van der Waals surface area contributed by atoms with Crippen LogP contribution in [0.2, 0.25) is 0 Å². The molecule has 4 heteroatoms. The second-order valence-corrected chi connectivity index (χ2v) is 6.11. The highest BCUT2D eigenvalue weighted by Crippen LogP contribution is 2.35. The first-order valence-electron chi connectivity index (χ1n) is 5.72. The van der Waals surface area contributed by atoms with Crippen molar-refractivity contribution in [1.82, 2.24) is 0 Å². The predicted octanol–water partition coefficient (Wildman–Crippen LogP) is 4.35. The molecule has 3 N–H and O–H groups in total. The van der Waals surface area contributed by atoms with Gasteiger partial charge in [0.25, 0.3) is 0 Å². The molecule has 0 saturated heterocycles. The third-order valence-electron chi connectivity index (χ3n) is 2.66. The van der Waals surface area contributed by atoms with Gasteiger partial charge in [-0.05, 0) is 47.3 Å². The Morgan fingerprint density at radius 2 is 1.59 bits per heavy atom. The maximum absolute atomic E-state index is 5.61. The molecule has 0 heterocycles. The van der Waals surface area contributed by atoms with Crippen LogP contribution in [-0.4, -0.2) is 5.11 Å². The zero-order valence-electron chi connectivity index (χ0n) is 10.7. The zero-order chi connectivity index (χ0) is 13.2. The van der Waals surface area contributed by atoms with Crippen LogP contribution in [0, 0.1) is 0 Å². The molecule has 0 spiro atoms. The molecule has 94 valence electrons. The number of benzene rings is 1. The quantitative estimate of drug-likeness (QED) is 0.814. The number of hydrogen-bond donors (Lipinski definition) is 2. The molecule has 1 aromatic rings. The molecule has 0 saturated carbocycles. The van der Waals surface area contributed by atoms with Gasteiger partial charge in [-0.3, -0.25) is 0 Å². The molecule has 0 aliphatic carbocycles. The van der Waals surface area contributed by atoms with Crippen LogP contribution in [0.15, 0.2) is 16.6 Å². The van der Waals surface area contributed by atoms with Crippen LogP contribution in [0.25, 0.3) is 0 Å². The molecule has 17 heavy (non-hydrogen) atoms. The highest BCUT2D eigenvalue weighted by Gasteiger charge is 2.15. The van der Waals surface area contributed by atoms with Crippen molar-refractivity contribution in [1.29, 1.82) is 0 Å². The van der Waals surface area contributed by atoms with Crippen LogP contribution >= 0.6 is 28.1 Å². The van der Waals surface area contributed by atoms with Crippen LogP contribution in [0.1, 0.15) is 50.7 Å². The van der Waals surface area contributed by atoms with Gasteiger partial charge in [0.2, 0.25) is 0 Å². The summed E-state index contributed by atoms with van der Waals surface area (Å²) in [5, 5.41) is 3.44. The fourth-order valence-corrected chi connectivity index (χ4v) is 2.42. The second-order valence-electron chi connectivity index (χ2n) is 4.76. The average Bonchev–Trinajstić information content (AvgIpc) is 2.18. The van der Waals surface area contributed by atoms with Crippen LogP contribution in [0.4, 0.5) is 5.69 Å². The summed E-state index contributed by atoms with van der Waals surface area (Å²) in [5.74, 6) is 0.837. The van der Waals surface area contributed by atoms with Crippen molar-refractivity contribution in [2.45, 2.75) is 39.5 Å². The molecular weight excluding hydrogens is 296 g/mol. The first kappa shape index (κ1) is 14.5. The molecule has 0 atom stereocenters. The van der Waals surface area contributed by atoms with Gasteiger partial charge in [-0.1, -0.05) is 43.6 Å². The normalized spacial score (nSPS) is 11.0. The maximum atomic E-state index is 5.61. The number of thiocarbonyl (C=S) groups is 1. The van der Waals surface area contributed by atoms with Crippen LogP contribution in [0.5, 0.6) is 0 Å². The molecule has 0 unspecified atom stereocenters. The van der Waals surface area contributed by atoms with Crippen molar-refractivity contribution >= 4 is 38.9 Å². The summed E-state index contributed by atoms with van der Waals surface area (Å²) in [4.78, 5) is 0. The number of rotatable bonds is 3. The van der Waals surface area contributed by atoms with Crippen molar-refractivity contribution in [3.8, 4) is 0 Å².